The highest BCUT2D eigenvalue weighted by Gasteiger charge is 2.19. The number of amides is 2. The summed E-state index contributed by atoms with van der Waals surface area (Å²) in [5.74, 6) is -1.94. The van der Waals surface area contributed by atoms with Crippen LogP contribution in [0, 0.1) is 17.2 Å². The largest absolute Gasteiger partial charge is 0.291 e. The van der Waals surface area contributed by atoms with E-state index in [1.54, 1.807) is 18.2 Å². The van der Waals surface area contributed by atoms with E-state index >= 15 is 0 Å². The predicted octanol–water partition coefficient (Wildman–Crippen LogP) is 2.37. The SMILES string of the molecule is N#CC(CCCl)C(=O)NC(=O)c1ccc(Cl)cc1. The van der Waals surface area contributed by atoms with Crippen LogP contribution in [0.1, 0.15) is 16.8 Å². The number of imide groups is 1. The molecule has 94 valence electrons. The normalized spacial score (nSPS) is 11.4. The molecule has 6 heteroatoms. The van der Waals surface area contributed by atoms with E-state index in [0.717, 1.165) is 0 Å². The number of hydrogen-bond acceptors (Lipinski definition) is 3. The molecule has 0 aliphatic rings. The molecule has 1 rings (SSSR count). The van der Waals surface area contributed by atoms with Gasteiger partial charge in [0, 0.05) is 16.5 Å². The molecule has 0 spiro atoms. The highest BCUT2D eigenvalue weighted by molar-refractivity contribution is 6.30. The van der Waals surface area contributed by atoms with Gasteiger partial charge in [-0.25, -0.2) is 0 Å². The van der Waals surface area contributed by atoms with Gasteiger partial charge in [0.05, 0.1) is 6.07 Å². The molecule has 0 aromatic heterocycles. The third-order valence-corrected chi connectivity index (χ3v) is 2.68. The van der Waals surface area contributed by atoms with Crippen molar-refractivity contribution in [1.29, 1.82) is 5.26 Å². The Morgan fingerprint density at radius 1 is 1.33 bits per heavy atom. The van der Waals surface area contributed by atoms with Crippen LogP contribution in [-0.4, -0.2) is 17.7 Å². The molecule has 0 aliphatic heterocycles. The van der Waals surface area contributed by atoms with Gasteiger partial charge in [0.1, 0.15) is 5.92 Å². The van der Waals surface area contributed by atoms with Crippen molar-refractivity contribution in [2.24, 2.45) is 5.92 Å². The Morgan fingerprint density at radius 2 is 1.94 bits per heavy atom. The fourth-order valence-electron chi connectivity index (χ4n) is 1.24. The number of benzene rings is 1. The molecule has 1 aromatic rings. The van der Waals surface area contributed by atoms with E-state index in [4.69, 9.17) is 28.5 Å². The molecule has 0 saturated heterocycles. The summed E-state index contributed by atoms with van der Waals surface area (Å²) < 4.78 is 0. The maximum Gasteiger partial charge on any atom is 0.257 e. The highest BCUT2D eigenvalue weighted by atomic mass is 35.5. The van der Waals surface area contributed by atoms with Crippen LogP contribution in [0.5, 0.6) is 0 Å². The highest BCUT2D eigenvalue weighted by Crippen LogP contribution is 2.10. The summed E-state index contributed by atoms with van der Waals surface area (Å²) >= 11 is 11.1. The molecule has 1 unspecified atom stereocenters. The van der Waals surface area contributed by atoms with Crippen molar-refractivity contribution in [3.8, 4) is 6.07 Å². The van der Waals surface area contributed by atoms with Crippen molar-refractivity contribution in [3.05, 3.63) is 34.9 Å². The van der Waals surface area contributed by atoms with Gasteiger partial charge in [-0.15, -0.1) is 11.6 Å². The number of nitriles is 1. The van der Waals surface area contributed by atoms with E-state index in [2.05, 4.69) is 5.32 Å². The van der Waals surface area contributed by atoms with Crippen molar-refractivity contribution in [1.82, 2.24) is 5.32 Å². The summed E-state index contributed by atoms with van der Waals surface area (Å²) in [6.45, 7) is 0. The predicted molar refractivity (Wildman–Crippen MR) is 68.4 cm³/mol. The van der Waals surface area contributed by atoms with Crippen LogP contribution in [0.25, 0.3) is 0 Å². The molecule has 2 amide bonds. The first-order valence-electron chi connectivity index (χ1n) is 5.15. The quantitative estimate of drug-likeness (QED) is 0.863. The summed E-state index contributed by atoms with van der Waals surface area (Å²) in [7, 11) is 0. The van der Waals surface area contributed by atoms with E-state index in [0.29, 0.717) is 10.6 Å². The zero-order valence-electron chi connectivity index (χ0n) is 9.32. The first-order chi connectivity index (χ1) is 8.58. The number of nitrogens with zero attached hydrogens (tertiary/aromatic N) is 1. The van der Waals surface area contributed by atoms with Crippen LogP contribution in [0.2, 0.25) is 5.02 Å². The van der Waals surface area contributed by atoms with Crippen LogP contribution < -0.4 is 5.32 Å². The lowest BCUT2D eigenvalue weighted by atomic mass is 10.1. The van der Waals surface area contributed by atoms with Gasteiger partial charge in [0.2, 0.25) is 5.91 Å². The van der Waals surface area contributed by atoms with Crippen molar-refractivity contribution in [2.45, 2.75) is 6.42 Å². The number of rotatable bonds is 4. The van der Waals surface area contributed by atoms with Gasteiger partial charge in [-0.2, -0.15) is 5.26 Å². The monoisotopic (exact) mass is 284 g/mol. The number of halogens is 2. The fraction of sp³-hybridized carbons (Fsp3) is 0.250. The minimum Gasteiger partial charge on any atom is -0.291 e. The molecule has 0 aliphatic carbocycles. The van der Waals surface area contributed by atoms with Crippen LogP contribution >= 0.6 is 23.2 Å². The maximum atomic E-state index is 11.7. The lowest BCUT2D eigenvalue weighted by molar-refractivity contribution is -0.122. The fourth-order valence-corrected chi connectivity index (χ4v) is 1.58. The van der Waals surface area contributed by atoms with Crippen LogP contribution in [-0.2, 0) is 4.79 Å². The topological polar surface area (TPSA) is 70.0 Å². The zero-order valence-corrected chi connectivity index (χ0v) is 10.8. The van der Waals surface area contributed by atoms with Crippen molar-refractivity contribution >= 4 is 35.0 Å². The van der Waals surface area contributed by atoms with Crippen molar-refractivity contribution < 1.29 is 9.59 Å². The summed E-state index contributed by atoms with van der Waals surface area (Å²) in [4.78, 5) is 23.2. The Bertz CT molecular complexity index is 480. The van der Waals surface area contributed by atoms with Gasteiger partial charge in [0.15, 0.2) is 0 Å². The van der Waals surface area contributed by atoms with Crippen molar-refractivity contribution in [2.75, 3.05) is 5.88 Å². The van der Waals surface area contributed by atoms with Gasteiger partial charge in [-0.3, -0.25) is 14.9 Å². The smallest absolute Gasteiger partial charge is 0.257 e. The van der Waals surface area contributed by atoms with E-state index in [1.165, 1.54) is 12.1 Å². The molecule has 18 heavy (non-hydrogen) atoms. The lowest BCUT2D eigenvalue weighted by Crippen LogP contribution is -2.35. The maximum absolute atomic E-state index is 11.7. The third kappa shape index (κ3) is 4.02. The molecule has 1 atom stereocenters. The molecule has 0 saturated carbocycles. The number of carbonyl (C=O) groups is 2. The Morgan fingerprint density at radius 3 is 2.44 bits per heavy atom. The summed E-state index contributed by atoms with van der Waals surface area (Å²) in [6.07, 6.45) is 0.206. The molecule has 1 N–H and O–H groups in total. The van der Waals surface area contributed by atoms with Gasteiger partial charge in [0.25, 0.3) is 5.91 Å². The number of nitrogens with one attached hydrogen (secondary N) is 1. The molecule has 1 aromatic carbocycles. The summed E-state index contributed by atoms with van der Waals surface area (Å²) in [5.41, 5.74) is 0.301. The van der Waals surface area contributed by atoms with E-state index in [-0.39, 0.29) is 12.3 Å². The van der Waals surface area contributed by atoms with Crippen LogP contribution in [0.3, 0.4) is 0 Å². The molecule has 0 radical (unpaired) electrons. The lowest BCUT2D eigenvalue weighted by Gasteiger charge is -2.07. The Kier molecular flexibility index (Phi) is 5.63. The first-order valence-corrected chi connectivity index (χ1v) is 6.06. The molecule has 4 nitrogen and oxygen atoms in total. The van der Waals surface area contributed by atoms with Gasteiger partial charge < -0.3 is 0 Å². The van der Waals surface area contributed by atoms with E-state index in [1.807, 2.05) is 0 Å². The number of alkyl halides is 1. The van der Waals surface area contributed by atoms with E-state index < -0.39 is 17.7 Å². The number of carbonyl (C=O) groups excluding carboxylic acids is 2. The Hall–Kier alpha value is -1.57. The second-order valence-electron chi connectivity index (χ2n) is 3.48. The van der Waals surface area contributed by atoms with Crippen LogP contribution in [0.15, 0.2) is 24.3 Å². The van der Waals surface area contributed by atoms with Crippen LogP contribution in [0.4, 0.5) is 0 Å². The molecule has 0 fully saturated rings. The van der Waals surface area contributed by atoms with Gasteiger partial charge >= 0.3 is 0 Å². The van der Waals surface area contributed by atoms with E-state index in [9.17, 15) is 9.59 Å². The Balaban J connectivity index is 2.67. The zero-order chi connectivity index (χ0) is 13.5. The van der Waals surface area contributed by atoms with Gasteiger partial charge in [-0.05, 0) is 30.7 Å². The standard InChI is InChI=1S/C12H10Cl2N2O2/c13-6-5-9(7-15)12(18)16-11(17)8-1-3-10(14)4-2-8/h1-4,9H,5-6H2,(H,16,17,18). The molecular weight excluding hydrogens is 275 g/mol. The second kappa shape index (κ2) is 7.00. The van der Waals surface area contributed by atoms with Crippen molar-refractivity contribution in [3.63, 3.8) is 0 Å². The van der Waals surface area contributed by atoms with Gasteiger partial charge in [-0.1, -0.05) is 11.6 Å². The Labute approximate surface area is 114 Å². The average Bonchev–Trinajstić information content (AvgIpc) is 2.36. The summed E-state index contributed by atoms with van der Waals surface area (Å²) in [5, 5.41) is 11.4. The molecular formula is C12H10Cl2N2O2. The first kappa shape index (κ1) is 14.5. The molecule has 0 heterocycles. The number of hydrogen-bond donors (Lipinski definition) is 1. The molecule has 0 bridgehead atoms. The average molecular weight is 285 g/mol. The minimum absolute atomic E-state index is 0.181. The third-order valence-electron chi connectivity index (χ3n) is 2.21. The second-order valence-corrected chi connectivity index (χ2v) is 4.30. The summed E-state index contributed by atoms with van der Waals surface area (Å²) in [6, 6.07) is 7.87. The minimum atomic E-state index is -0.918.